The lowest BCUT2D eigenvalue weighted by Gasteiger charge is -2.29. The lowest BCUT2D eigenvalue weighted by Crippen LogP contribution is -2.36. The van der Waals surface area contributed by atoms with Crippen molar-refractivity contribution in [3.05, 3.63) is 59.8 Å². The molecular formula is C27H30N4O3. The first-order chi connectivity index (χ1) is 16.6. The summed E-state index contributed by atoms with van der Waals surface area (Å²) < 4.78 is 12.4. The van der Waals surface area contributed by atoms with Gasteiger partial charge in [-0.3, -0.25) is 4.79 Å². The smallest absolute Gasteiger partial charge is 0.262 e. The van der Waals surface area contributed by atoms with Crippen molar-refractivity contribution >= 4 is 28.4 Å². The second-order valence-corrected chi connectivity index (χ2v) is 8.32. The average Bonchev–Trinajstić information content (AvgIpc) is 3.24. The van der Waals surface area contributed by atoms with Crippen LogP contribution >= 0.6 is 0 Å². The molecule has 0 radical (unpaired) electrons. The van der Waals surface area contributed by atoms with Gasteiger partial charge in [-0.05, 0) is 59.2 Å². The zero-order chi connectivity index (χ0) is 23.9. The minimum atomic E-state index is -0.372. The number of nitrogens with zero attached hydrogens (tertiary/aromatic N) is 3. The van der Waals surface area contributed by atoms with Crippen molar-refractivity contribution in [1.29, 1.82) is 5.26 Å². The number of hydrogen-bond acceptors (Lipinski definition) is 5. The molecule has 1 N–H and O–H groups in total. The van der Waals surface area contributed by atoms with Gasteiger partial charge in [0, 0.05) is 57.5 Å². The van der Waals surface area contributed by atoms with Crippen molar-refractivity contribution < 1.29 is 14.3 Å². The summed E-state index contributed by atoms with van der Waals surface area (Å²) in [5.74, 6) is -0.372. The van der Waals surface area contributed by atoms with Gasteiger partial charge in [0.15, 0.2) is 0 Å². The molecule has 1 amide bonds. The molecule has 34 heavy (non-hydrogen) atoms. The van der Waals surface area contributed by atoms with Crippen LogP contribution in [0.3, 0.4) is 0 Å². The number of amides is 1. The van der Waals surface area contributed by atoms with E-state index in [0.717, 1.165) is 43.3 Å². The van der Waals surface area contributed by atoms with E-state index in [9.17, 15) is 10.1 Å². The lowest BCUT2D eigenvalue weighted by molar-refractivity contribution is -0.117. The Morgan fingerprint density at radius 1 is 1.15 bits per heavy atom. The molecule has 0 saturated carbocycles. The Kier molecular flexibility index (Phi) is 7.63. The van der Waals surface area contributed by atoms with Crippen LogP contribution in [0.2, 0.25) is 0 Å². The van der Waals surface area contributed by atoms with E-state index in [1.807, 2.05) is 29.8 Å². The first-order valence-corrected chi connectivity index (χ1v) is 11.5. The normalized spacial score (nSPS) is 14.3. The van der Waals surface area contributed by atoms with E-state index in [4.69, 9.17) is 9.47 Å². The van der Waals surface area contributed by atoms with Gasteiger partial charge in [0.2, 0.25) is 0 Å². The highest BCUT2D eigenvalue weighted by atomic mass is 16.5. The van der Waals surface area contributed by atoms with Crippen LogP contribution < -0.4 is 10.2 Å². The second-order valence-electron chi connectivity index (χ2n) is 8.32. The van der Waals surface area contributed by atoms with Crippen LogP contribution in [0.1, 0.15) is 12.1 Å². The summed E-state index contributed by atoms with van der Waals surface area (Å²) in [6.45, 7) is 4.40. The zero-order valence-corrected chi connectivity index (χ0v) is 19.7. The molecule has 0 bridgehead atoms. The summed E-state index contributed by atoms with van der Waals surface area (Å²) in [7, 11) is 3.56. The first-order valence-electron chi connectivity index (χ1n) is 11.5. The average molecular weight is 459 g/mol. The fourth-order valence-electron chi connectivity index (χ4n) is 4.18. The van der Waals surface area contributed by atoms with Crippen molar-refractivity contribution in [2.45, 2.75) is 6.42 Å². The number of ether oxygens (including phenoxy) is 2. The summed E-state index contributed by atoms with van der Waals surface area (Å²) in [6.07, 6.45) is 2.33. The Balaban J connectivity index is 1.54. The highest BCUT2D eigenvalue weighted by Crippen LogP contribution is 2.29. The van der Waals surface area contributed by atoms with E-state index in [1.54, 1.807) is 13.2 Å². The second kappa shape index (κ2) is 11.0. The quantitative estimate of drug-likeness (QED) is 0.316. The molecule has 1 aliphatic heterocycles. The third-order valence-corrected chi connectivity index (χ3v) is 6.12. The molecule has 1 fully saturated rings. The van der Waals surface area contributed by atoms with Crippen LogP contribution in [0.5, 0.6) is 0 Å². The predicted molar refractivity (Wildman–Crippen MR) is 134 cm³/mol. The van der Waals surface area contributed by atoms with Crippen LogP contribution in [0.25, 0.3) is 28.1 Å². The van der Waals surface area contributed by atoms with Crippen molar-refractivity contribution in [3.8, 4) is 17.3 Å². The molecule has 7 nitrogen and oxygen atoms in total. The third kappa shape index (κ3) is 5.30. The molecule has 7 heteroatoms. The number of anilines is 1. The maximum atomic E-state index is 12.4. The molecular weight excluding hydrogens is 428 g/mol. The van der Waals surface area contributed by atoms with E-state index in [0.29, 0.717) is 19.6 Å². The number of methoxy groups -OCH3 is 1. The number of aromatic nitrogens is 1. The third-order valence-electron chi connectivity index (χ3n) is 6.12. The number of morpholine rings is 1. The summed E-state index contributed by atoms with van der Waals surface area (Å²) >= 11 is 0. The van der Waals surface area contributed by atoms with E-state index in [-0.39, 0.29) is 11.5 Å². The maximum Gasteiger partial charge on any atom is 0.262 e. The molecule has 0 spiro atoms. The molecule has 0 aliphatic carbocycles. The Bertz CT molecular complexity index is 1230. The highest BCUT2D eigenvalue weighted by molar-refractivity contribution is 6.01. The van der Waals surface area contributed by atoms with Gasteiger partial charge in [0.1, 0.15) is 11.6 Å². The van der Waals surface area contributed by atoms with Crippen LogP contribution in [-0.2, 0) is 21.3 Å². The number of hydrogen-bond donors (Lipinski definition) is 1. The van der Waals surface area contributed by atoms with E-state index >= 15 is 0 Å². The minimum Gasteiger partial charge on any atom is -0.385 e. The zero-order valence-electron chi connectivity index (χ0n) is 19.7. The van der Waals surface area contributed by atoms with E-state index in [2.05, 4.69) is 46.6 Å². The number of benzene rings is 2. The molecule has 176 valence electrons. The van der Waals surface area contributed by atoms with Gasteiger partial charge in [-0.25, -0.2) is 0 Å². The number of carbonyl (C=O) groups excluding carboxylic acids is 1. The fourth-order valence-corrected chi connectivity index (χ4v) is 4.18. The van der Waals surface area contributed by atoms with Gasteiger partial charge in [-0.1, -0.05) is 18.2 Å². The first kappa shape index (κ1) is 23.6. The number of rotatable bonds is 8. The monoisotopic (exact) mass is 458 g/mol. The van der Waals surface area contributed by atoms with Crippen LogP contribution in [0.4, 0.5) is 5.69 Å². The Morgan fingerprint density at radius 3 is 2.68 bits per heavy atom. The summed E-state index contributed by atoms with van der Waals surface area (Å²) in [4.78, 5) is 14.7. The molecule has 1 aromatic heterocycles. The largest absolute Gasteiger partial charge is 0.385 e. The van der Waals surface area contributed by atoms with Gasteiger partial charge in [0.25, 0.3) is 5.91 Å². The fraction of sp³-hybridized carbons (Fsp3) is 0.333. The SMILES string of the molecule is COCCCNC(=O)/C(C#N)=C/c1ccc(-c2ccc3cc(N4CCOCC4)ccc3c2)n1C. The summed E-state index contributed by atoms with van der Waals surface area (Å²) in [5.41, 5.74) is 4.19. The van der Waals surface area contributed by atoms with E-state index in [1.165, 1.54) is 16.5 Å². The van der Waals surface area contributed by atoms with Crippen LogP contribution in [0, 0.1) is 11.3 Å². The van der Waals surface area contributed by atoms with Crippen molar-refractivity contribution in [2.75, 3.05) is 51.5 Å². The predicted octanol–water partition coefficient (Wildman–Crippen LogP) is 3.74. The molecule has 2 heterocycles. The summed E-state index contributed by atoms with van der Waals surface area (Å²) in [5, 5.41) is 14.6. The van der Waals surface area contributed by atoms with Crippen LogP contribution in [0.15, 0.2) is 54.1 Å². The van der Waals surface area contributed by atoms with Gasteiger partial charge in [-0.2, -0.15) is 5.26 Å². The van der Waals surface area contributed by atoms with E-state index < -0.39 is 0 Å². The Hall–Kier alpha value is -3.60. The van der Waals surface area contributed by atoms with Crippen molar-refractivity contribution in [2.24, 2.45) is 7.05 Å². The number of fused-ring (bicyclic) bond motifs is 1. The Labute approximate surface area is 200 Å². The van der Waals surface area contributed by atoms with Gasteiger partial charge >= 0.3 is 0 Å². The molecule has 2 aromatic carbocycles. The number of nitriles is 1. The summed E-state index contributed by atoms with van der Waals surface area (Å²) in [6, 6.07) is 19.0. The molecule has 4 rings (SSSR count). The maximum absolute atomic E-state index is 12.4. The molecule has 1 aliphatic rings. The van der Waals surface area contributed by atoms with Crippen LogP contribution in [-0.4, -0.2) is 57.0 Å². The number of carbonyl (C=O) groups is 1. The topological polar surface area (TPSA) is 79.5 Å². The molecule has 1 saturated heterocycles. The Morgan fingerprint density at radius 2 is 1.91 bits per heavy atom. The van der Waals surface area contributed by atoms with Gasteiger partial charge < -0.3 is 24.3 Å². The van der Waals surface area contributed by atoms with Crippen molar-refractivity contribution in [1.82, 2.24) is 9.88 Å². The standard InChI is InChI=1S/C27H30N4O3/c1-30-24(18-23(19-28)27(32)29-10-3-13-33-2)8-9-26(30)22-5-4-21-17-25(7-6-20(21)16-22)31-11-14-34-15-12-31/h4-9,16-18H,3,10-15H2,1-2H3,(H,29,32)/b23-18+. The molecule has 0 unspecified atom stereocenters. The molecule has 3 aromatic rings. The number of nitrogens with one attached hydrogen (secondary N) is 1. The molecule has 0 atom stereocenters. The highest BCUT2D eigenvalue weighted by Gasteiger charge is 2.14. The van der Waals surface area contributed by atoms with Gasteiger partial charge in [0.05, 0.1) is 13.2 Å². The van der Waals surface area contributed by atoms with Gasteiger partial charge in [-0.15, -0.1) is 0 Å². The lowest BCUT2D eigenvalue weighted by atomic mass is 10.0. The minimum absolute atomic E-state index is 0.0827. The van der Waals surface area contributed by atoms with Crippen molar-refractivity contribution in [3.63, 3.8) is 0 Å².